The van der Waals surface area contributed by atoms with Crippen LogP contribution < -0.4 is 0 Å². The number of ether oxygens (including phenoxy) is 1. The van der Waals surface area contributed by atoms with Crippen LogP contribution in [0.5, 0.6) is 0 Å². The van der Waals surface area contributed by atoms with E-state index in [4.69, 9.17) is 4.74 Å². The molecular formula is C23H29N5O4. The van der Waals surface area contributed by atoms with Gasteiger partial charge in [0.05, 0.1) is 13.3 Å². The predicted octanol–water partition coefficient (Wildman–Crippen LogP) is 1.70. The van der Waals surface area contributed by atoms with Crippen LogP contribution in [0.25, 0.3) is 0 Å². The Morgan fingerprint density at radius 3 is 2.41 bits per heavy atom. The van der Waals surface area contributed by atoms with Crippen molar-refractivity contribution in [3.8, 4) is 0 Å². The van der Waals surface area contributed by atoms with E-state index < -0.39 is 17.5 Å². The van der Waals surface area contributed by atoms with Crippen LogP contribution in [0.4, 0.5) is 4.79 Å². The van der Waals surface area contributed by atoms with Gasteiger partial charge in [-0.05, 0) is 25.3 Å². The third kappa shape index (κ3) is 3.88. The fourth-order valence-corrected chi connectivity index (χ4v) is 4.61. The monoisotopic (exact) mass is 439 g/mol. The van der Waals surface area contributed by atoms with E-state index in [1.165, 1.54) is 7.11 Å². The minimum Gasteiger partial charge on any atom is -0.468 e. The molecule has 0 saturated carbocycles. The van der Waals surface area contributed by atoms with E-state index in [0.29, 0.717) is 32.5 Å². The lowest BCUT2D eigenvalue weighted by atomic mass is 9.85. The molecule has 0 aliphatic carbocycles. The number of nitrogens with zero attached hydrogens (tertiary/aromatic N) is 5. The summed E-state index contributed by atoms with van der Waals surface area (Å²) in [5, 5.41) is 4.31. The van der Waals surface area contributed by atoms with E-state index in [0.717, 1.165) is 28.3 Å². The Bertz CT molecular complexity index is 1010. The van der Waals surface area contributed by atoms with Crippen molar-refractivity contribution in [3.63, 3.8) is 0 Å². The Hall–Kier alpha value is -3.20. The van der Waals surface area contributed by atoms with Gasteiger partial charge in [-0.1, -0.05) is 30.3 Å². The number of aryl methyl sites for hydroxylation is 1. The second-order valence-corrected chi connectivity index (χ2v) is 8.51. The molecule has 2 saturated heterocycles. The van der Waals surface area contributed by atoms with Crippen LogP contribution in [0.1, 0.15) is 29.7 Å². The molecule has 2 aliphatic rings. The van der Waals surface area contributed by atoms with Crippen LogP contribution in [0.2, 0.25) is 0 Å². The first-order valence-corrected chi connectivity index (χ1v) is 10.8. The highest BCUT2D eigenvalue weighted by Gasteiger charge is 2.58. The Balaban J connectivity index is 1.56. The Labute approximate surface area is 187 Å². The van der Waals surface area contributed by atoms with Gasteiger partial charge in [-0.2, -0.15) is 5.10 Å². The summed E-state index contributed by atoms with van der Waals surface area (Å²) in [5.41, 5.74) is 2.28. The summed E-state index contributed by atoms with van der Waals surface area (Å²) in [6, 6.07) is 9.19. The molecule has 4 rings (SSSR count). The van der Waals surface area contributed by atoms with Gasteiger partial charge in [0, 0.05) is 44.5 Å². The highest BCUT2D eigenvalue weighted by atomic mass is 16.5. The van der Waals surface area contributed by atoms with Crippen molar-refractivity contribution < 1.29 is 19.1 Å². The van der Waals surface area contributed by atoms with Gasteiger partial charge in [0.25, 0.3) is 5.91 Å². The van der Waals surface area contributed by atoms with Crippen molar-refractivity contribution in [2.24, 2.45) is 7.05 Å². The number of hydrogen-bond donors (Lipinski definition) is 0. The number of urea groups is 1. The first-order chi connectivity index (χ1) is 15.4. The average molecular weight is 440 g/mol. The van der Waals surface area contributed by atoms with Gasteiger partial charge in [-0.25, -0.2) is 4.79 Å². The van der Waals surface area contributed by atoms with Crippen molar-refractivity contribution in [1.82, 2.24) is 24.5 Å². The molecule has 1 spiro atoms. The Morgan fingerprint density at radius 2 is 1.81 bits per heavy atom. The van der Waals surface area contributed by atoms with Crippen molar-refractivity contribution in [1.29, 1.82) is 0 Å². The van der Waals surface area contributed by atoms with Crippen LogP contribution in [0, 0.1) is 6.92 Å². The fraction of sp³-hybridized carbons (Fsp3) is 0.478. The van der Waals surface area contributed by atoms with Gasteiger partial charge in [0.1, 0.15) is 12.1 Å². The number of imide groups is 1. The molecule has 1 aromatic carbocycles. The molecule has 3 amide bonds. The molecule has 3 heterocycles. The maximum absolute atomic E-state index is 13.5. The zero-order valence-corrected chi connectivity index (χ0v) is 18.8. The molecular weight excluding hydrogens is 410 g/mol. The molecule has 0 radical (unpaired) electrons. The molecule has 2 aromatic rings. The summed E-state index contributed by atoms with van der Waals surface area (Å²) in [5.74, 6) is -0.908. The van der Waals surface area contributed by atoms with Gasteiger partial charge in [-0.15, -0.1) is 0 Å². The highest BCUT2D eigenvalue weighted by molar-refractivity contribution is 6.08. The van der Waals surface area contributed by atoms with E-state index in [-0.39, 0.29) is 12.5 Å². The third-order valence-corrected chi connectivity index (χ3v) is 6.73. The number of aromatic nitrogens is 2. The van der Waals surface area contributed by atoms with Crippen LogP contribution in [-0.4, -0.2) is 74.7 Å². The standard InChI is InChI=1S/C23H29N5O4/c1-17-19(13-24-25(17)2)15-26-11-9-23(10-12-26)21(30)27(16-20(29)32-3)22(31)28(23)14-18-7-5-4-6-8-18/h4-8,13H,9-12,14-16H2,1-3H3. The lowest BCUT2D eigenvalue weighted by molar-refractivity contribution is -0.146. The summed E-state index contributed by atoms with van der Waals surface area (Å²) in [4.78, 5) is 43.6. The normalized spacial score (nSPS) is 18.6. The van der Waals surface area contributed by atoms with Crippen LogP contribution >= 0.6 is 0 Å². The van der Waals surface area contributed by atoms with Crippen LogP contribution in [0.3, 0.4) is 0 Å². The quantitative estimate of drug-likeness (QED) is 0.503. The summed E-state index contributed by atoms with van der Waals surface area (Å²) in [7, 11) is 3.17. The van der Waals surface area contributed by atoms with Crippen LogP contribution in [-0.2, 0) is 34.5 Å². The molecule has 9 heteroatoms. The van der Waals surface area contributed by atoms with Crippen LogP contribution in [0.15, 0.2) is 36.5 Å². The van der Waals surface area contributed by atoms with Crippen molar-refractivity contribution in [3.05, 3.63) is 53.3 Å². The number of amides is 3. The van der Waals surface area contributed by atoms with Gasteiger partial charge in [-0.3, -0.25) is 24.1 Å². The number of carbonyl (C=O) groups excluding carboxylic acids is 3. The highest BCUT2D eigenvalue weighted by Crippen LogP contribution is 2.38. The van der Waals surface area contributed by atoms with Gasteiger partial charge < -0.3 is 9.64 Å². The van der Waals surface area contributed by atoms with Gasteiger partial charge in [0.15, 0.2) is 0 Å². The maximum atomic E-state index is 13.5. The third-order valence-electron chi connectivity index (χ3n) is 6.73. The van der Waals surface area contributed by atoms with E-state index in [1.54, 1.807) is 4.90 Å². The zero-order valence-electron chi connectivity index (χ0n) is 18.8. The molecule has 32 heavy (non-hydrogen) atoms. The predicted molar refractivity (Wildman–Crippen MR) is 116 cm³/mol. The summed E-state index contributed by atoms with van der Waals surface area (Å²) in [6.07, 6.45) is 2.91. The number of piperidine rings is 1. The lowest BCUT2D eigenvalue weighted by Gasteiger charge is -2.42. The van der Waals surface area contributed by atoms with Gasteiger partial charge >= 0.3 is 12.0 Å². The molecule has 2 aliphatic heterocycles. The molecule has 1 aromatic heterocycles. The number of hydrogen-bond acceptors (Lipinski definition) is 6. The minimum atomic E-state index is -0.943. The van der Waals surface area contributed by atoms with E-state index in [2.05, 4.69) is 10.00 Å². The van der Waals surface area contributed by atoms with E-state index >= 15 is 0 Å². The SMILES string of the molecule is COC(=O)CN1C(=O)N(Cc2ccccc2)C2(CCN(Cc3cnn(C)c3C)CC2)C1=O. The number of likely N-dealkylation sites (tertiary alicyclic amines) is 1. The van der Waals surface area contributed by atoms with Gasteiger partial charge in [0.2, 0.25) is 0 Å². The molecule has 0 unspecified atom stereocenters. The maximum Gasteiger partial charge on any atom is 0.328 e. The smallest absolute Gasteiger partial charge is 0.328 e. The molecule has 0 atom stereocenters. The molecule has 0 bridgehead atoms. The summed E-state index contributed by atoms with van der Waals surface area (Å²) >= 11 is 0. The number of carbonyl (C=O) groups is 3. The number of methoxy groups -OCH3 is 1. The topological polar surface area (TPSA) is 88.0 Å². The van der Waals surface area contributed by atoms with Crippen molar-refractivity contribution >= 4 is 17.9 Å². The average Bonchev–Trinajstić information content (AvgIpc) is 3.21. The number of rotatable bonds is 6. The Kier molecular flexibility index (Phi) is 6.01. The largest absolute Gasteiger partial charge is 0.468 e. The number of esters is 1. The molecule has 9 nitrogen and oxygen atoms in total. The molecule has 0 N–H and O–H groups in total. The first kappa shape index (κ1) is 22.0. The molecule has 2 fully saturated rings. The lowest BCUT2D eigenvalue weighted by Crippen LogP contribution is -2.56. The van der Waals surface area contributed by atoms with Crippen molar-refractivity contribution in [2.45, 2.75) is 38.4 Å². The van der Waals surface area contributed by atoms with E-state index in [1.807, 2.05) is 55.2 Å². The summed E-state index contributed by atoms with van der Waals surface area (Å²) < 4.78 is 6.57. The van der Waals surface area contributed by atoms with E-state index in [9.17, 15) is 14.4 Å². The molecule has 170 valence electrons. The summed E-state index contributed by atoms with van der Waals surface area (Å²) in [6.45, 7) is 4.10. The fourth-order valence-electron chi connectivity index (χ4n) is 4.61. The minimum absolute atomic E-state index is 0.305. The second kappa shape index (κ2) is 8.74. The zero-order chi connectivity index (χ0) is 22.9. The number of benzene rings is 1. The van der Waals surface area contributed by atoms with Crippen molar-refractivity contribution in [2.75, 3.05) is 26.7 Å². The Morgan fingerprint density at radius 1 is 1.12 bits per heavy atom. The second-order valence-electron chi connectivity index (χ2n) is 8.51. The first-order valence-electron chi connectivity index (χ1n) is 10.8.